The Morgan fingerprint density at radius 3 is 2.20 bits per heavy atom. The van der Waals surface area contributed by atoms with Crippen LogP contribution in [0.4, 0.5) is 0 Å². The van der Waals surface area contributed by atoms with Crippen LogP contribution in [0.2, 0.25) is 0 Å². The molecule has 0 amide bonds. The first kappa shape index (κ1) is 27.1. The smallest absolute Gasteiger partial charge is 0.0850 e. The van der Waals surface area contributed by atoms with Crippen LogP contribution in [0, 0.1) is 23.7 Å². The highest BCUT2D eigenvalue weighted by Gasteiger charge is 2.38. The van der Waals surface area contributed by atoms with Gasteiger partial charge in [0, 0.05) is 32.7 Å². The monoisotopic (exact) mass is 482 g/mol. The minimum atomic E-state index is -0.346. The molecule has 5 aliphatic rings. The van der Waals surface area contributed by atoms with Crippen molar-refractivity contribution in [2.75, 3.05) is 39.3 Å². The van der Waals surface area contributed by atoms with Crippen molar-refractivity contribution in [2.45, 2.75) is 102 Å². The van der Waals surface area contributed by atoms with Gasteiger partial charge in [-0.3, -0.25) is 4.90 Å². The lowest BCUT2D eigenvalue weighted by atomic mass is 9.69. The zero-order valence-electron chi connectivity index (χ0n) is 22.5. The normalized spacial score (nSPS) is 38.8. The van der Waals surface area contributed by atoms with E-state index in [1.54, 1.807) is 0 Å². The highest BCUT2D eigenvalue weighted by molar-refractivity contribution is 5.05. The molecule has 35 heavy (non-hydrogen) atoms. The summed E-state index contributed by atoms with van der Waals surface area (Å²) in [5, 5.41) is 10.8. The van der Waals surface area contributed by atoms with Gasteiger partial charge in [-0.05, 0) is 88.0 Å². The Morgan fingerprint density at radius 1 is 0.571 bits per heavy atom. The highest BCUT2D eigenvalue weighted by atomic mass is 16.3. The van der Waals surface area contributed by atoms with Crippen LogP contribution in [-0.2, 0) is 0 Å². The molecule has 0 aliphatic carbocycles. The zero-order chi connectivity index (χ0) is 24.1. The molecule has 0 aromatic heterocycles. The molecular weight excluding hydrogens is 428 g/mol. The largest absolute Gasteiger partial charge is 0.388 e. The van der Waals surface area contributed by atoms with Crippen LogP contribution in [0.15, 0.2) is 36.5 Å². The van der Waals surface area contributed by atoms with Crippen molar-refractivity contribution in [1.82, 2.24) is 9.80 Å². The highest BCUT2D eigenvalue weighted by Crippen LogP contribution is 2.40. The Balaban J connectivity index is 1.51. The molecule has 1 N–H and O–H groups in total. The fourth-order valence-electron chi connectivity index (χ4n) is 7.53. The number of hydrogen-bond donors (Lipinski definition) is 1. The number of hydrogen-bond acceptors (Lipinski definition) is 3. The van der Waals surface area contributed by atoms with Crippen LogP contribution >= 0.6 is 0 Å². The summed E-state index contributed by atoms with van der Waals surface area (Å²) in [6.07, 6.45) is 33.4. The summed E-state index contributed by atoms with van der Waals surface area (Å²) in [5.41, 5.74) is 0. The van der Waals surface area contributed by atoms with Crippen LogP contribution in [0.5, 0.6) is 0 Å². The number of fused-ring (bicyclic) bond motifs is 10. The van der Waals surface area contributed by atoms with E-state index in [4.69, 9.17) is 0 Å². The summed E-state index contributed by atoms with van der Waals surface area (Å²) in [7, 11) is 0. The van der Waals surface area contributed by atoms with Gasteiger partial charge in [-0.1, -0.05) is 75.0 Å². The zero-order valence-corrected chi connectivity index (χ0v) is 22.5. The molecule has 5 heterocycles. The molecule has 3 heteroatoms. The van der Waals surface area contributed by atoms with Crippen LogP contribution in [0.1, 0.15) is 96.3 Å². The SMILES string of the molecule is OC1C=CC=CCCCCCC[C@H]2CN3CCC=CCCCCCCC4C[C@@H](CN(C1)C4)[C@H]2CC3. The van der Waals surface area contributed by atoms with Crippen molar-refractivity contribution in [1.29, 1.82) is 0 Å². The first-order valence-corrected chi connectivity index (χ1v) is 15.4. The molecule has 3 nitrogen and oxygen atoms in total. The van der Waals surface area contributed by atoms with E-state index in [1.165, 1.54) is 129 Å². The van der Waals surface area contributed by atoms with E-state index in [0.29, 0.717) is 0 Å². The molecule has 0 radical (unpaired) electrons. The van der Waals surface area contributed by atoms with Crippen molar-refractivity contribution < 1.29 is 5.11 Å². The molecule has 0 aromatic carbocycles. The van der Waals surface area contributed by atoms with Gasteiger partial charge in [0.15, 0.2) is 0 Å². The molecule has 5 rings (SSSR count). The summed E-state index contributed by atoms with van der Waals surface area (Å²) >= 11 is 0. The minimum Gasteiger partial charge on any atom is -0.388 e. The van der Waals surface area contributed by atoms with Crippen molar-refractivity contribution in [2.24, 2.45) is 23.7 Å². The van der Waals surface area contributed by atoms with E-state index in [-0.39, 0.29) is 6.10 Å². The maximum absolute atomic E-state index is 10.8. The van der Waals surface area contributed by atoms with Gasteiger partial charge in [0.05, 0.1) is 6.10 Å². The van der Waals surface area contributed by atoms with E-state index in [0.717, 1.165) is 30.2 Å². The van der Waals surface area contributed by atoms with E-state index in [1.807, 2.05) is 6.08 Å². The third-order valence-corrected chi connectivity index (χ3v) is 9.36. The Hall–Kier alpha value is -0.900. The second-order valence-corrected chi connectivity index (χ2v) is 12.2. The predicted octanol–water partition coefficient (Wildman–Crippen LogP) is 6.99. The third-order valence-electron chi connectivity index (χ3n) is 9.36. The molecule has 2 saturated heterocycles. The quantitative estimate of drug-likeness (QED) is 0.377. The Morgan fingerprint density at radius 2 is 1.31 bits per heavy atom. The number of allylic oxidation sites excluding steroid dienone is 4. The van der Waals surface area contributed by atoms with Gasteiger partial charge >= 0.3 is 0 Å². The molecule has 5 aliphatic heterocycles. The Bertz CT molecular complexity index is 670. The number of piperidine rings is 2. The molecule has 0 spiro atoms. The van der Waals surface area contributed by atoms with Gasteiger partial charge in [-0.2, -0.15) is 0 Å². The molecule has 7 atom stereocenters. The van der Waals surface area contributed by atoms with Gasteiger partial charge in [-0.15, -0.1) is 0 Å². The molecule has 6 bridgehead atoms. The van der Waals surface area contributed by atoms with E-state index in [9.17, 15) is 5.11 Å². The first-order valence-electron chi connectivity index (χ1n) is 15.4. The predicted molar refractivity (Wildman–Crippen MR) is 150 cm³/mol. The van der Waals surface area contributed by atoms with Crippen LogP contribution < -0.4 is 0 Å². The van der Waals surface area contributed by atoms with Gasteiger partial charge in [-0.25, -0.2) is 0 Å². The third kappa shape index (κ3) is 9.48. The summed E-state index contributed by atoms with van der Waals surface area (Å²) in [5.74, 6) is 3.40. The lowest BCUT2D eigenvalue weighted by molar-refractivity contribution is 0.00963. The summed E-state index contributed by atoms with van der Waals surface area (Å²) in [6, 6.07) is 0. The fourth-order valence-corrected chi connectivity index (χ4v) is 7.53. The number of aliphatic hydroxyl groups is 1. The van der Waals surface area contributed by atoms with Gasteiger partial charge in [0.25, 0.3) is 0 Å². The standard InChI is InChI=1S/C32H54N2O/c35-31-19-15-11-7-2-1-6-10-14-18-29-25-33-21-16-12-8-4-3-5-9-13-17-28-23-30(32(29)20-22-33)26-34(24-28)27-31/h7-8,11-12,15,19,28-32,35H,1-6,9-10,13-14,16-18,20-27H2/t28?,29-,30-,31?,32-/m0/s1. The maximum Gasteiger partial charge on any atom is 0.0850 e. The lowest BCUT2D eigenvalue weighted by Gasteiger charge is -2.47. The maximum atomic E-state index is 10.8. The fraction of sp³-hybridized carbons (Fsp3) is 0.812. The van der Waals surface area contributed by atoms with Crippen molar-refractivity contribution in [3.8, 4) is 0 Å². The summed E-state index contributed by atoms with van der Waals surface area (Å²) in [4.78, 5) is 5.45. The van der Waals surface area contributed by atoms with Crippen LogP contribution in [0.3, 0.4) is 0 Å². The second kappa shape index (κ2) is 15.4. The second-order valence-electron chi connectivity index (χ2n) is 12.2. The number of nitrogens with zero attached hydrogens (tertiary/aromatic N) is 2. The first-order chi connectivity index (χ1) is 17.3. The van der Waals surface area contributed by atoms with E-state index in [2.05, 4.69) is 40.2 Å². The van der Waals surface area contributed by atoms with Gasteiger partial charge in [0.1, 0.15) is 0 Å². The number of aliphatic hydroxyl groups excluding tert-OH is 1. The van der Waals surface area contributed by atoms with Crippen molar-refractivity contribution in [3.63, 3.8) is 0 Å². The summed E-state index contributed by atoms with van der Waals surface area (Å²) in [6.45, 7) is 7.10. The molecule has 2 fully saturated rings. The molecule has 198 valence electrons. The van der Waals surface area contributed by atoms with E-state index >= 15 is 0 Å². The topological polar surface area (TPSA) is 26.7 Å². The lowest BCUT2D eigenvalue weighted by Crippen LogP contribution is -2.50. The Kier molecular flexibility index (Phi) is 11.9. The minimum absolute atomic E-state index is 0.346. The van der Waals surface area contributed by atoms with Crippen LogP contribution in [-0.4, -0.2) is 60.3 Å². The van der Waals surface area contributed by atoms with E-state index < -0.39 is 0 Å². The molecule has 0 aromatic rings. The van der Waals surface area contributed by atoms with Crippen molar-refractivity contribution in [3.05, 3.63) is 36.5 Å². The van der Waals surface area contributed by atoms with Gasteiger partial charge in [0.2, 0.25) is 0 Å². The average Bonchev–Trinajstić information content (AvgIpc) is 2.85. The van der Waals surface area contributed by atoms with Crippen molar-refractivity contribution >= 4 is 0 Å². The molecule has 0 saturated carbocycles. The number of rotatable bonds is 0. The Labute approximate surface area is 216 Å². The van der Waals surface area contributed by atoms with Gasteiger partial charge < -0.3 is 10.0 Å². The average molecular weight is 483 g/mol. The molecule has 4 unspecified atom stereocenters. The van der Waals surface area contributed by atoms with Crippen LogP contribution in [0.25, 0.3) is 0 Å². The summed E-state index contributed by atoms with van der Waals surface area (Å²) < 4.78 is 0. The molecular formula is C32H54N2O.